The molecule has 2 aromatic carbocycles. The van der Waals surface area contributed by atoms with Gasteiger partial charge in [-0.3, -0.25) is 14.9 Å². The Labute approximate surface area is 169 Å². The minimum absolute atomic E-state index is 0.105. The van der Waals surface area contributed by atoms with Crippen LogP contribution in [0.25, 0.3) is 6.08 Å². The summed E-state index contributed by atoms with van der Waals surface area (Å²) in [6.45, 7) is 0.995. The third kappa shape index (κ3) is 5.07. The minimum Gasteiger partial charge on any atom is -0.322 e. The molecule has 0 aliphatic carbocycles. The molecule has 1 heterocycles. The number of anilines is 1. The van der Waals surface area contributed by atoms with Gasteiger partial charge in [0, 0.05) is 30.9 Å². The van der Waals surface area contributed by atoms with E-state index >= 15 is 0 Å². The topological polar surface area (TPSA) is 110 Å². The summed E-state index contributed by atoms with van der Waals surface area (Å²) in [4.78, 5) is 22.8. The Balaban J connectivity index is 1.73. The van der Waals surface area contributed by atoms with Gasteiger partial charge in [-0.15, -0.1) is 0 Å². The highest BCUT2D eigenvalue weighted by molar-refractivity contribution is 7.89. The zero-order chi connectivity index (χ0) is 20.9. The highest BCUT2D eigenvalue weighted by Crippen LogP contribution is 2.23. The van der Waals surface area contributed by atoms with Gasteiger partial charge < -0.3 is 5.32 Å². The van der Waals surface area contributed by atoms with E-state index in [9.17, 15) is 23.3 Å². The first-order chi connectivity index (χ1) is 13.9. The van der Waals surface area contributed by atoms with Gasteiger partial charge >= 0.3 is 0 Å². The fourth-order valence-electron chi connectivity index (χ4n) is 3.13. The summed E-state index contributed by atoms with van der Waals surface area (Å²) in [6, 6.07) is 12.1. The molecule has 1 fully saturated rings. The van der Waals surface area contributed by atoms with Gasteiger partial charge in [-0.25, -0.2) is 8.42 Å². The van der Waals surface area contributed by atoms with Gasteiger partial charge in [0.1, 0.15) is 0 Å². The number of nitrogens with one attached hydrogen (secondary N) is 1. The van der Waals surface area contributed by atoms with Crippen LogP contribution in [0, 0.1) is 10.1 Å². The van der Waals surface area contributed by atoms with Crippen LogP contribution in [0.2, 0.25) is 0 Å². The van der Waals surface area contributed by atoms with Crippen molar-refractivity contribution in [1.82, 2.24) is 4.31 Å². The highest BCUT2D eigenvalue weighted by Gasteiger charge is 2.26. The average molecular weight is 415 g/mol. The standard InChI is InChI=1S/C20H21N3O5S/c24-20(12-11-16-7-2-3-10-19(16)23(25)26)21-17-8-6-9-18(15-17)29(27,28)22-13-4-1-5-14-22/h2-3,6-12,15H,1,4-5,13-14H2,(H,21,24)/b12-11+. The largest absolute Gasteiger partial charge is 0.322 e. The number of hydrogen-bond donors (Lipinski definition) is 1. The van der Waals surface area contributed by atoms with E-state index in [1.54, 1.807) is 24.3 Å². The quantitative estimate of drug-likeness (QED) is 0.442. The first kappa shape index (κ1) is 20.7. The summed E-state index contributed by atoms with van der Waals surface area (Å²) in [5, 5.41) is 13.6. The van der Waals surface area contributed by atoms with E-state index in [-0.39, 0.29) is 10.6 Å². The third-order valence-electron chi connectivity index (χ3n) is 4.60. The number of rotatable bonds is 6. The number of piperidine rings is 1. The molecule has 2 aromatic rings. The lowest BCUT2D eigenvalue weighted by atomic mass is 10.1. The molecule has 152 valence electrons. The lowest BCUT2D eigenvalue weighted by Crippen LogP contribution is -2.35. The van der Waals surface area contributed by atoms with Crippen LogP contribution in [-0.4, -0.2) is 36.6 Å². The minimum atomic E-state index is -3.60. The molecule has 0 unspecified atom stereocenters. The Morgan fingerprint density at radius 3 is 2.52 bits per heavy atom. The first-order valence-electron chi connectivity index (χ1n) is 9.20. The average Bonchev–Trinajstić information content (AvgIpc) is 2.73. The number of amides is 1. The van der Waals surface area contributed by atoms with Crippen LogP contribution in [0.1, 0.15) is 24.8 Å². The number of carbonyl (C=O) groups excluding carboxylic acids is 1. The van der Waals surface area contributed by atoms with Crippen LogP contribution >= 0.6 is 0 Å². The zero-order valence-electron chi connectivity index (χ0n) is 15.7. The van der Waals surface area contributed by atoms with Crippen molar-refractivity contribution in [3.63, 3.8) is 0 Å². The molecule has 1 saturated heterocycles. The molecule has 1 aliphatic heterocycles. The van der Waals surface area contributed by atoms with Crippen LogP contribution in [0.5, 0.6) is 0 Å². The predicted octanol–water partition coefficient (Wildman–Crippen LogP) is 3.42. The molecular weight excluding hydrogens is 394 g/mol. The molecule has 0 bridgehead atoms. The maximum absolute atomic E-state index is 12.8. The van der Waals surface area contributed by atoms with Crippen LogP contribution in [0.4, 0.5) is 11.4 Å². The van der Waals surface area contributed by atoms with Crippen molar-refractivity contribution in [1.29, 1.82) is 0 Å². The van der Waals surface area contributed by atoms with Crippen LogP contribution in [-0.2, 0) is 14.8 Å². The summed E-state index contributed by atoms with van der Waals surface area (Å²) in [5.74, 6) is -0.518. The summed E-state index contributed by atoms with van der Waals surface area (Å²) in [7, 11) is -3.60. The summed E-state index contributed by atoms with van der Waals surface area (Å²) in [5.41, 5.74) is 0.528. The van der Waals surface area contributed by atoms with Crippen LogP contribution in [0.3, 0.4) is 0 Å². The van der Waals surface area contributed by atoms with E-state index in [2.05, 4.69) is 5.32 Å². The summed E-state index contributed by atoms with van der Waals surface area (Å²) >= 11 is 0. The van der Waals surface area contributed by atoms with Crippen molar-refractivity contribution < 1.29 is 18.1 Å². The van der Waals surface area contributed by atoms with Crippen molar-refractivity contribution in [2.45, 2.75) is 24.2 Å². The van der Waals surface area contributed by atoms with Crippen molar-refractivity contribution in [3.8, 4) is 0 Å². The number of carbonyl (C=O) groups is 1. The smallest absolute Gasteiger partial charge is 0.276 e. The second kappa shape index (κ2) is 8.97. The fraction of sp³-hybridized carbons (Fsp3) is 0.250. The molecule has 0 spiro atoms. The van der Waals surface area contributed by atoms with Crippen LogP contribution < -0.4 is 5.32 Å². The van der Waals surface area contributed by atoms with E-state index in [1.807, 2.05) is 0 Å². The Morgan fingerprint density at radius 1 is 1.07 bits per heavy atom. The van der Waals surface area contributed by atoms with Crippen molar-refractivity contribution in [2.75, 3.05) is 18.4 Å². The Hall–Kier alpha value is -3.04. The first-order valence-corrected chi connectivity index (χ1v) is 10.6. The third-order valence-corrected chi connectivity index (χ3v) is 6.50. The summed E-state index contributed by atoms with van der Waals surface area (Å²) in [6.07, 6.45) is 5.22. The van der Waals surface area contributed by atoms with E-state index < -0.39 is 20.9 Å². The van der Waals surface area contributed by atoms with E-state index in [0.29, 0.717) is 24.3 Å². The molecule has 9 heteroatoms. The molecule has 0 atom stereocenters. The zero-order valence-corrected chi connectivity index (χ0v) is 16.5. The van der Waals surface area contributed by atoms with E-state index in [0.717, 1.165) is 19.3 Å². The lowest BCUT2D eigenvalue weighted by Gasteiger charge is -2.26. The molecule has 0 radical (unpaired) electrons. The molecule has 0 saturated carbocycles. The molecule has 29 heavy (non-hydrogen) atoms. The lowest BCUT2D eigenvalue weighted by molar-refractivity contribution is -0.385. The van der Waals surface area contributed by atoms with E-state index in [1.165, 1.54) is 40.7 Å². The fourth-order valence-corrected chi connectivity index (χ4v) is 4.70. The van der Waals surface area contributed by atoms with Gasteiger partial charge in [0.05, 0.1) is 15.4 Å². The summed E-state index contributed by atoms with van der Waals surface area (Å²) < 4.78 is 27.0. The number of nitrogens with zero attached hydrogens (tertiary/aromatic N) is 2. The molecule has 1 N–H and O–H groups in total. The monoisotopic (exact) mass is 415 g/mol. The molecule has 8 nitrogen and oxygen atoms in total. The number of nitro benzene ring substituents is 1. The van der Waals surface area contributed by atoms with Gasteiger partial charge in [0.15, 0.2) is 0 Å². The molecule has 1 aliphatic rings. The number of para-hydroxylation sites is 1. The highest BCUT2D eigenvalue weighted by atomic mass is 32.2. The van der Waals surface area contributed by atoms with Gasteiger partial charge in [0.2, 0.25) is 15.9 Å². The second-order valence-corrected chi connectivity index (χ2v) is 8.57. The number of nitro groups is 1. The Morgan fingerprint density at radius 2 is 1.79 bits per heavy atom. The Kier molecular flexibility index (Phi) is 6.40. The van der Waals surface area contributed by atoms with Gasteiger partial charge in [-0.2, -0.15) is 4.31 Å². The number of hydrogen-bond acceptors (Lipinski definition) is 5. The number of benzene rings is 2. The predicted molar refractivity (Wildman–Crippen MR) is 110 cm³/mol. The second-order valence-electron chi connectivity index (χ2n) is 6.63. The maximum atomic E-state index is 12.8. The van der Waals surface area contributed by atoms with Crippen molar-refractivity contribution in [3.05, 3.63) is 70.3 Å². The molecule has 0 aromatic heterocycles. The molecule has 3 rings (SSSR count). The SMILES string of the molecule is O=C(/C=C/c1ccccc1[N+](=O)[O-])Nc1cccc(S(=O)(=O)N2CCCCC2)c1. The number of sulfonamides is 1. The van der Waals surface area contributed by atoms with Crippen LogP contribution in [0.15, 0.2) is 59.5 Å². The Bertz CT molecular complexity index is 1040. The van der Waals surface area contributed by atoms with Gasteiger partial charge in [-0.05, 0) is 43.2 Å². The van der Waals surface area contributed by atoms with E-state index in [4.69, 9.17) is 0 Å². The van der Waals surface area contributed by atoms with Crippen molar-refractivity contribution in [2.24, 2.45) is 0 Å². The molecule has 1 amide bonds. The van der Waals surface area contributed by atoms with Gasteiger partial charge in [-0.1, -0.05) is 24.6 Å². The molecular formula is C20H21N3O5S. The van der Waals surface area contributed by atoms with Crippen molar-refractivity contribution >= 4 is 33.4 Å². The normalized spacial score (nSPS) is 15.3. The maximum Gasteiger partial charge on any atom is 0.276 e. The van der Waals surface area contributed by atoms with Gasteiger partial charge in [0.25, 0.3) is 5.69 Å².